The summed E-state index contributed by atoms with van der Waals surface area (Å²) in [5, 5.41) is 0.468. The van der Waals surface area contributed by atoms with Crippen LogP contribution in [0.1, 0.15) is 5.69 Å². The minimum Gasteiger partial charge on any atom is -0.486 e. The standard InChI is InChI=1S/C19H17ClN2O3/c1-21-15(11-18(23)22(2)19(21)24)12-25-17-9-8-14(10-16(17)20)13-6-4-3-5-7-13/h3-11H,12H2,1-2H3. The highest BCUT2D eigenvalue weighted by Gasteiger charge is 2.09. The summed E-state index contributed by atoms with van der Waals surface area (Å²) in [5.41, 5.74) is 1.77. The van der Waals surface area contributed by atoms with Crippen LogP contribution in [0.5, 0.6) is 5.75 Å². The second kappa shape index (κ2) is 6.99. The van der Waals surface area contributed by atoms with E-state index in [1.807, 2.05) is 42.5 Å². The Hall–Kier alpha value is -2.79. The van der Waals surface area contributed by atoms with Crippen molar-refractivity contribution in [2.75, 3.05) is 0 Å². The summed E-state index contributed by atoms with van der Waals surface area (Å²) in [6.07, 6.45) is 0. The largest absolute Gasteiger partial charge is 0.486 e. The van der Waals surface area contributed by atoms with E-state index in [-0.39, 0.29) is 12.2 Å². The predicted molar refractivity (Wildman–Crippen MR) is 98.1 cm³/mol. The van der Waals surface area contributed by atoms with Crippen LogP contribution in [0.15, 0.2) is 64.2 Å². The van der Waals surface area contributed by atoms with Crippen molar-refractivity contribution in [3.63, 3.8) is 0 Å². The maximum absolute atomic E-state index is 11.9. The van der Waals surface area contributed by atoms with Crippen LogP contribution >= 0.6 is 11.6 Å². The molecule has 0 fully saturated rings. The lowest BCUT2D eigenvalue weighted by molar-refractivity contribution is 0.294. The number of rotatable bonds is 4. The summed E-state index contributed by atoms with van der Waals surface area (Å²) in [6.45, 7) is 0.0756. The fourth-order valence-electron chi connectivity index (χ4n) is 2.50. The zero-order chi connectivity index (χ0) is 18.0. The van der Waals surface area contributed by atoms with Gasteiger partial charge >= 0.3 is 5.69 Å². The highest BCUT2D eigenvalue weighted by atomic mass is 35.5. The second-order valence-electron chi connectivity index (χ2n) is 5.67. The highest BCUT2D eigenvalue weighted by molar-refractivity contribution is 6.32. The number of halogens is 1. The molecular weight excluding hydrogens is 340 g/mol. The van der Waals surface area contributed by atoms with Gasteiger partial charge in [-0.3, -0.25) is 13.9 Å². The van der Waals surface area contributed by atoms with E-state index in [0.717, 1.165) is 15.7 Å². The summed E-state index contributed by atoms with van der Waals surface area (Å²) in [5.74, 6) is 0.495. The maximum Gasteiger partial charge on any atom is 0.330 e. The van der Waals surface area contributed by atoms with Crippen LogP contribution in [0.3, 0.4) is 0 Å². The minimum absolute atomic E-state index is 0.0756. The van der Waals surface area contributed by atoms with Crippen molar-refractivity contribution in [3.05, 3.63) is 86.2 Å². The highest BCUT2D eigenvalue weighted by Crippen LogP contribution is 2.30. The fraction of sp³-hybridized carbons (Fsp3) is 0.158. The Morgan fingerprint density at radius 3 is 2.32 bits per heavy atom. The van der Waals surface area contributed by atoms with Crippen LogP contribution in [-0.4, -0.2) is 9.13 Å². The van der Waals surface area contributed by atoms with Crippen molar-refractivity contribution in [3.8, 4) is 16.9 Å². The zero-order valence-electron chi connectivity index (χ0n) is 13.9. The molecule has 1 heterocycles. The molecule has 0 atom stereocenters. The number of hydrogen-bond donors (Lipinski definition) is 0. The van der Waals surface area contributed by atoms with Gasteiger partial charge in [-0.15, -0.1) is 0 Å². The molecule has 3 aromatic rings. The number of benzene rings is 2. The Balaban J connectivity index is 1.83. The quantitative estimate of drug-likeness (QED) is 0.722. The first-order valence-electron chi connectivity index (χ1n) is 7.71. The van der Waals surface area contributed by atoms with Gasteiger partial charge in [0.05, 0.1) is 10.7 Å². The number of hydrogen-bond acceptors (Lipinski definition) is 3. The van der Waals surface area contributed by atoms with Crippen molar-refractivity contribution in [1.29, 1.82) is 0 Å². The average molecular weight is 357 g/mol. The van der Waals surface area contributed by atoms with Crippen molar-refractivity contribution in [2.24, 2.45) is 14.1 Å². The van der Waals surface area contributed by atoms with Crippen LogP contribution < -0.4 is 16.0 Å². The molecule has 0 saturated heterocycles. The molecule has 1 aromatic heterocycles. The van der Waals surface area contributed by atoms with Gasteiger partial charge in [0.1, 0.15) is 12.4 Å². The summed E-state index contributed by atoms with van der Waals surface area (Å²) in [4.78, 5) is 23.7. The van der Waals surface area contributed by atoms with E-state index >= 15 is 0 Å². The molecule has 6 heteroatoms. The smallest absolute Gasteiger partial charge is 0.330 e. The molecule has 0 unspecified atom stereocenters. The average Bonchev–Trinajstić information content (AvgIpc) is 2.63. The van der Waals surface area contributed by atoms with Gasteiger partial charge in [-0.25, -0.2) is 4.79 Å². The van der Waals surface area contributed by atoms with Gasteiger partial charge in [-0.05, 0) is 23.3 Å². The van der Waals surface area contributed by atoms with Gasteiger partial charge in [0.25, 0.3) is 5.56 Å². The summed E-state index contributed by atoms with van der Waals surface area (Å²) < 4.78 is 8.13. The van der Waals surface area contributed by atoms with Gasteiger partial charge in [-0.1, -0.05) is 48.0 Å². The lowest BCUT2D eigenvalue weighted by Crippen LogP contribution is -2.38. The molecule has 0 radical (unpaired) electrons. The van der Waals surface area contributed by atoms with Crippen molar-refractivity contribution in [2.45, 2.75) is 6.61 Å². The molecule has 25 heavy (non-hydrogen) atoms. The molecule has 5 nitrogen and oxygen atoms in total. The maximum atomic E-state index is 11.9. The predicted octanol–water partition coefficient (Wildman–Crippen LogP) is 2.98. The Morgan fingerprint density at radius 2 is 1.64 bits per heavy atom. The topological polar surface area (TPSA) is 53.2 Å². The first-order valence-corrected chi connectivity index (χ1v) is 8.09. The van der Waals surface area contributed by atoms with Gasteiger partial charge < -0.3 is 4.74 Å². The van der Waals surface area contributed by atoms with Crippen LogP contribution in [0, 0.1) is 0 Å². The third-order valence-electron chi connectivity index (χ3n) is 4.04. The molecule has 0 aliphatic heterocycles. The molecule has 0 aliphatic carbocycles. The number of nitrogens with zero attached hydrogens (tertiary/aromatic N) is 2. The fourth-order valence-corrected chi connectivity index (χ4v) is 2.73. The van der Waals surface area contributed by atoms with Crippen LogP contribution in [0.2, 0.25) is 5.02 Å². The number of aromatic nitrogens is 2. The second-order valence-corrected chi connectivity index (χ2v) is 6.08. The molecular formula is C19H17ClN2O3. The van der Waals surface area contributed by atoms with E-state index in [2.05, 4.69) is 0 Å². The zero-order valence-corrected chi connectivity index (χ0v) is 14.7. The monoisotopic (exact) mass is 356 g/mol. The Morgan fingerprint density at radius 1 is 0.920 bits per heavy atom. The molecule has 0 spiro atoms. The molecule has 0 aliphatic rings. The molecule has 128 valence electrons. The van der Waals surface area contributed by atoms with Gasteiger partial charge in [0.2, 0.25) is 0 Å². The van der Waals surface area contributed by atoms with E-state index in [1.54, 1.807) is 13.1 Å². The van der Waals surface area contributed by atoms with Gasteiger partial charge in [0, 0.05) is 20.2 Å². The van der Waals surface area contributed by atoms with Crippen molar-refractivity contribution in [1.82, 2.24) is 9.13 Å². The van der Waals surface area contributed by atoms with E-state index < -0.39 is 5.69 Å². The summed E-state index contributed by atoms with van der Waals surface area (Å²) >= 11 is 6.31. The molecule has 2 aromatic carbocycles. The Bertz CT molecular complexity index is 1020. The third-order valence-corrected chi connectivity index (χ3v) is 4.34. The first-order chi connectivity index (χ1) is 12.0. The van der Waals surface area contributed by atoms with Gasteiger partial charge in [-0.2, -0.15) is 0 Å². The summed E-state index contributed by atoms with van der Waals surface area (Å²) in [6, 6.07) is 16.8. The molecule has 0 saturated carbocycles. The van der Waals surface area contributed by atoms with E-state index in [1.165, 1.54) is 17.7 Å². The van der Waals surface area contributed by atoms with Gasteiger partial charge in [0.15, 0.2) is 0 Å². The lowest BCUT2D eigenvalue weighted by Gasteiger charge is -2.12. The van der Waals surface area contributed by atoms with E-state index in [0.29, 0.717) is 16.5 Å². The van der Waals surface area contributed by atoms with E-state index in [4.69, 9.17) is 16.3 Å². The van der Waals surface area contributed by atoms with Crippen molar-refractivity contribution >= 4 is 11.6 Å². The van der Waals surface area contributed by atoms with Crippen molar-refractivity contribution < 1.29 is 4.74 Å². The van der Waals surface area contributed by atoms with E-state index in [9.17, 15) is 9.59 Å². The van der Waals surface area contributed by atoms with Crippen LogP contribution in [-0.2, 0) is 20.7 Å². The molecule has 3 rings (SSSR count). The lowest BCUT2D eigenvalue weighted by atomic mass is 10.1. The SMILES string of the molecule is Cn1c(COc2ccc(-c3ccccc3)cc2Cl)cc(=O)n(C)c1=O. The Labute approximate surface area is 149 Å². The normalized spacial score (nSPS) is 10.7. The molecule has 0 amide bonds. The third kappa shape index (κ3) is 3.51. The number of ether oxygens (including phenoxy) is 1. The minimum atomic E-state index is -0.392. The first kappa shape index (κ1) is 17.0. The van der Waals surface area contributed by atoms with Crippen LogP contribution in [0.25, 0.3) is 11.1 Å². The summed E-state index contributed by atoms with van der Waals surface area (Å²) in [7, 11) is 3.04. The molecule has 0 bridgehead atoms. The Kier molecular flexibility index (Phi) is 4.76. The van der Waals surface area contributed by atoms with Crippen LogP contribution in [0.4, 0.5) is 0 Å². The molecule has 0 N–H and O–H groups in total.